The van der Waals surface area contributed by atoms with Gasteiger partial charge in [0, 0.05) is 30.9 Å². The van der Waals surface area contributed by atoms with Crippen LogP contribution in [0.2, 0.25) is 0 Å². The number of hydrogen-bond acceptors (Lipinski definition) is 7. The molecule has 1 aromatic carbocycles. The summed E-state index contributed by atoms with van der Waals surface area (Å²) in [5.74, 6) is 0.473. The normalized spacial score (nSPS) is 19.7. The highest BCUT2D eigenvalue weighted by atomic mass is 16.5. The smallest absolute Gasteiger partial charge is 0.409 e. The van der Waals surface area contributed by atoms with Crippen LogP contribution in [0, 0.1) is 0 Å². The van der Waals surface area contributed by atoms with Crippen molar-refractivity contribution in [1.82, 2.24) is 25.1 Å². The quantitative estimate of drug-likeness (QED) is 0.634. The summed E-state index contributed by atoms with van der Waals surface area (Å²) in [4.78, 5) is 37.3. The third-order valence-corrected chi connectivity index (χ3v) is 6.39. The van der Waals surface area contributed by atoms with Gasteiger partial charge >= 0.3 is 12.1 Å². The topological polar surface area (TPSA) is 120 Å². The van der Waals surface area contributed by atoms with Crippen molar-refractivity contribution >= 4 is 18.1 Å². The van der Waals surface area contributed by atoms with Gasteiger partial charge in [-0.2, -0.15) is 0 Å². The average molecular weight is 455 g/mol. The number of rotatable bonds is 5. The Balaban J connectivity index is 1.44. The fraction of sp³-hybridized carbons (Fsp3) is 0.478. The maximum Gasteiger partial charge on any atom is 0.409 e. The molecule has 2 aromatic rings. The molecule has 1 aromatic heterocycles. The maximum atomic E-state index is 13.2. The molecule has 3 N–H and O–H groups in total. The highest BCUT2D eigenvalue weighted by molar-refractivity contribution is 5.77. The zero-order chi connectivity index (χ0) is 23.6. The van der Waals surface area contributed by atoms with Gasteiger partial charge in [0.15, 0.2) is 0 Å². The number of aliphatic hydroxyl groups excluding tert-OH is 1. The van der Waals surface area contributed by atoms with E-state index < -0.39 is 11.6 Å². The fourth-order valence-electron chi connectivity index (χ4n) is 4.44. The molecule has 0 unspecified atom stereocenters. The number of aromatic nitrogens is 2. The number of benzene rings is 1. The van der Waals surface area contributed by atoms with E-state index >= 15 is 0 Å². The van der Waals surface area contributed by atoms with E-state index in [1.165, 1.54) is 7.11 Å². The molecule has 1 fully saturated rings. The predicted molar refractivity (Wildman–Crippen MR) is 121 cm³/mol. The van der Waals surface area contributed by atoms with Gasteiger partial charge in [0.2, 0.25) is 5.95 Å². The van der Waals surface area contributed by atoms with Gasteiger partial charge < -0.3 is 30.3 Å². The lowest BCUT2D eigenvalue weighted by Crippen LogP contribution is -2.47. The molecule has 176 valence electrons. The molecule has 2 atom stereocenters. The van der Waals surface area contributed by atoms with E-state index in [-0.39, 0.29) is 24.8 Å². The minimum atomic E-state index is -0.607. The summed E-state index contributed by atoms with van der Waals surface area (Å²) in [7, 11) is 1.37. The Morgan fingerprint density at radius 2 is 2.06 bits per heavy atom. The van der Waals surface area contributed by atoms with Crippen LogP contribution in [-0.4, -0.2) is 69.8 Å². The molecular formula is C23H30N6O4. The number of methoxy groups -OCH3 is 1. The zero-order valence-electron chi connectivity index (χ0n) is 19.1. The molecule has 2 aliphatic heterocycles. The number of likely N-dealkylation sites (tertiary alicyclic amines) is 1. The number of amides is 3. The molecule has 1 saturated heterocycles. The number of ether oxygens (including phenoxy) is 1. The largest absolute Gasteiger partial charge is 0.453 e. The van der Waals surface area contributed by atoms with E-state index in [1.807, 2.05) is 44.2 Å². The Labute approximate surface area is 193 Å². The number of nitrogens with zero attached hydrogens (tertiary/aromatic N) is 4. The van der Waals surface area contributed by atoms with Crippen molar-refractivity contribution in [3.63, 3.8) is 0 Å². The van der Waals surface area contributed by atoms with Crippen LogP contribution in [0.15, 0.2) is 36.5 Å². The van der Waals surface area contributed by atoms with Crippen molar-refractivity contribution in [2.45, 2.75) is 44.4 Å². The summed E-state index contributed by atoms with van der Waals surface area (Å²) < 4.78 is 4.78. The number of carbonyl (C=O) groups excluding carboxylic acids is 2. The number of hydrogen-bond donors (Lipinski definition) is 3. The van der Waals surface area contributed by atoms with Crippen molar-refractivity contribution < 1.29 is 19.4 Å². The Bertz CT molecular complexity index is 1020. The fourth-order valence-corrected chi connectivity index (χ4v) is 4.44. The second-order valence-corrected chi connectivity index (χ2v) is 8.84. The zero-order valence-corrected chi connectivity index (χ0v) is 19.1. The lowest BCUT2D eigenvalue weighted by atomic mass is 9.97. The summed E-state index contributed by atoms with van der Waals surface area (Å²) in [6.45, 7) is 5.18. The van der Waals surface area contributed by atoms with E-state index in [9.17, 15) is 14.7 Å². The molecule has 4 rings (SSSR count). The van der Waals surface area contributed by atoms with Gasteiger partial charge in [0.1, 0.15) is 0 Å². The van der Waals surface area contributed by atoms with Gasteiger partial charge in [-0.15, -0.1) is 0 Å². The summed E-state index contributed by atoms with van der Waals surface area (Å²) >= 11 is 0. The molecule has 3 heterocycles. The Morgan fingerprint density at radius 3 is 2.76 bits per heavy atom. The van der Waals surface area contributed by atoms with Crippen molar-refractivity contribution in [3.8, 4) is 0 Å². The summed E-state index contributed by atoms with van der Waals surface area (Å²) in [5.41, 5.74) is 1.89. The summed E-state index contributed by atoms with van der Waals surface area (Å²) in [5, 5.41) is 16.0. The monoisotopic (exact) mass is 454 g/mol. The second kappa shape index (κ2) is 9.22. The number of carbonyl (C=O) groups is 2. The molecular weight excluding hydrogens is 424 g/mol. The minimum Gasteiger partial charge on any atom is -0.453 e. The van der Waals surface area contributed by atoms with Crippen molar-refractivity contribution in [1.29, 1.82) is 0 Å². The number of aliphatic hydroxyl groups is 1. The molecule has 0 radical (unpaired) electrons. The van der Waals surface area contributed by atoms with Crippen LogP contribution in [0.5, 0.6) is 0 Å². The van der Waals surface area contributed by atoms with Crippen LogP contribution in [0.25, 0.3) is 0 Å². The SMILES string of the molecule is COC(=O)N1CC[C@@H](Nc2ncc3c(n2)CN(C(=O)N[C@H](CO)c2ccccc2)C3(C)C)C1. The molecule has 33 heavy (non-hydrogen) atoms. The second-order valence-electron chi connectivity index (χ2n) is 8.84. The molecule has 0 bridgehead atoms. The van der Waals surface area contributed by atoms with Crippen molar-refractivity contribution in [2.75, 3.05) is 32.1 Å². The molecule has 2 aliphatic rings. The van der Waals surface area contributed by atoms with Gasteiger partial charge in [-0.05, 0) is 25.8 Å². The standard InChI is InChI=1S/C23H30N6O4/c1-23(2)17-11-24-20(25-16-9-10-28(12-16)22(32)33-3)26-18(17)13-29(23)21(31)27-19(14-30)15-7-5-4-6-8-15/h4-8,11,16,19,30H,9-10,12-14H2,1-3H3,(H,27,31)(H,24,25,26)/t16-,19-/m1/s1. The van der Waals surface area contributed by atoms with Crippen molar-refractivity contribution in [2.24, 2.45) is 0 Å². The number of fused-ring (bicyclic) bond motifs is 1. The van der Waals surface area contributed by atoms with Crippen LogP contribution < -0.4 is 10.6 Å². The number of urea groups is 1. The Morgan fingerprint density at radius 1 is 1.30 bits per heavy atom. The van der Waals surface area contributed by atoms with E-state index in [2.05, 4.69) is 20.6 Å². The first-order valence-electron chi connectivity index (χ1n) is 11.0. The van der Waals surface area contributed by atoms with Gasteiger partial charge in [-0.1, -0.05) is 30.3 Å². The van der Waals surface area contributed by atoms with Gasteiger partial charge in [0.05, 0.1) is 37.5 Å². The van der Waals surface area contributed by atoms with Crippen LogP contribution in [0.1, 0.15) is 43.1 Å². The number of anilines is 1. The molecule has 0 aliphatic carbocycles. The third-order valence-electron chi connectivity index (χ3n) is 6.39. The first-order valence-corrected chi connectivity index (χ1v) is 11.0. The number of nitrogens with one attached hydrogen (secondary N) is 2. The molecule has 0 saturated carbocycles. The Kier molecular flexibility index (Phi) is 6.37. The lowest BCUT2D eigenvalue weighted by molar-refractivity contribution is 0.132. The van der Waals surface area contributed by atoms with E-state index in [4.69, 9.17) is 4.74 Å². The average Bonchev–Trinajstić information content (AvgIpc) is 3.39. The van der Waals surface area contributed by atoms with Crippen molar-refractivity contribution in [3.05, 3.63) is 53.3 Å². The highest BCUT2D eigenvalue weighted by Gasteiger charge is 2.42. The minimum absolute atomic E-state index is 0.0344. The highest BCUT2D eigenvalue weighted by Crippen LogP contribution is 2.38. The molecule has 0 spiro atoms. The van der Waals surface area contributed by atoms with Gasteiger partial charge in [-0.25, -0.2) is 19.6 Å². The lowest BCUT2D eigenvalue weighted by Gasteiger charge is -2.33. The van der Waals surface area contributed by atoms with E-state index in [1.54, 1.807) is 16.0 Å². The summed E-state index contributed by atoms with van der Waals surface area (Å²) in [6, 6.07) is 8.64. The molecule has 10 nitrogen and oxygen atoms in total. The van der Waals surface area contributed by atoms with E-state index in [0.717, 1.165) is 23.2 Å². The first-order chi connectivity index (χ1) is 15.8. The van der Waals surface area contributed by atoms with E-state index in [0.29, 0.717) is 25.6 Å². The molecule has 10 heteroatoms. The third kappa shape index (κ3) is 4.56. The van der Waals surface area contributed by atoms with Crippen LogP contribution in [0.3, 0.4) is 0 Å². The summed E-state index contributed by atoms with van der Waals surface area (Å²) in [6.07, 6.45) is 2.19. The van der Waals surface area contributed by atoms with Gasteiger partial charge in [0.25, 0.3) is 0 Å². The van der Waals surface area contributed by atoms with Crippen LogP contribution in [0.4, 0.5) is 15.5 Å². The van der Waals surface area contributed by atoms with Gasteiger partial charge in [-0.3, -0.25) is 0 Å². The van der Waals surface area contributed by atoms with Crippen LogP contribution >= 0.6 is 0 Å². The maximum absolute atomic E-state index is 13.2. The molecule has 3 amide bonds. The first kappa shape index (κ1) is 22.8. The van der Waals surface area contributed by atoms with Crippen LogP contribution in [-0.2, 0) is 16.8 Å². The Hall–Kier alpha value is -3.40. The predicted octanol–water partition coefficient (Wildman–Crippen LogP) is 2.22.